The number of azide groups is 1. The molecule has 1 heterocycles. The zero-order valence-corrected chi connectivity index (χ0v) is 13.2. The molecule has 7 N–H and O–H groups in total. The smallest absolute Gasteiger partial charge is 0.167 e. The molecule has 23 heavy (non-hydrogen) atoms. The molecule has 10 nitrogen and oxygen atoms in total. The van der Waals surface area contributed by atoms with E-state index < -0.39 is 36.7 Å². The minimum absolute atomic E-state index is 0.178. The summed E-state index contributed by atoms with van der Waals surface area (Å²) in [4.78, 5) is 2.83. The topological polar surface area (TPSA) is 175 Å². The van der Waals surface area contributed by atoms with Crippen molar-refractivity contribution in [1.82, 2.24) is 0 Å². The van der Waals surface area contributed by atoms with Crippen molar-refractivity contribution in [3.63, 3.8) is 0 Å². The molecule has 2 fully saturated rings. The molecule has 1 aliphatic heterocycles. The monoisotopic (exact) mass is 330 g/mol. The number of aliphatic hydroxyl groups excluding tert-OH is 1. The quantitative estimate of drug-likeness (QED) is 0.282. The van der Waals surface area contributed by atoms with Crippen LogP contribution >= 0.6 is 0 Å². The lowest BCUT2D eigenvalue weighted by Crippen LogP contribution is -2.64. The van der Waals surface area contributed by atoms with Crippen LogP contribution in [0.1, 0.15) is 19.3 Å². The molecule has 2 rings (SSSR count). The molecule has 1 saturated heterocycles. The van der Waals surface area contributed by atoms with Crippen molar-refractivity contribution in [1.29, 1.82) is 0 Å². The molecule has 0 spiro atoms. The predicted molar refractivity (Wildman–Crippen MR) is 82.1 cm³/mol. The van der Waals surface area contributed by atoms with Gasteiger partial charge in [-0.2, -0.15) is 0 Å². The number of hydrogen-bond acceptors (Lipinski definition) is 8. The summed E-state index contributed by atoms with van der Waals surface area (Å²) in [5, 5.41) is 14.2. The first-order valence-corrected chi connectivity index (χ1v) is 7.79. The minimum atomic E-state index is -0.993. The van der Waals surface area contributed by atoms with Crippen molar-refractivity contribution >= 4 is 0 Å². The Labute approximate surface area is 134 Å². The first-order valence-electron chi connectivity index (χ1n) is 7.79. The van der Waals surface area contributed by atoms with Crippen LogP contribution in [0.4, 0.5) is 0 Å². The van der Waals surface area contributed by atoms with Gasteiger partial charge in [-0.1, -0.05) is 5.11 Å². The van der Waals surface area contributed by atoms with Gasteiger partial charge in [-0.3, -0.25) is 0 Å². The van der Waals surface area contributed by atoms with Crippen LogP contribution in [-0.4, -0.2) is 67.6 Å². The van der Waals surface area contributed by atoms with Gasteiger partial charge in [-0.25, -0.2) is 0 Å². The van der Waals surface area contributed by atoms with Gasteiger partial charge in [0.05, 0.1) is 12.1 Å². The first kappa shape index (κ1) is 18.4. The molecule has 1 unspecified atom stereocenters. The zero-order chi connectivity index (χ0) is 17.0. The summed E-state index contributed by atoms with van der Waals surface area (Å²) in [5.41, 5.74) is 26.4. The minimum Gasteiger partial charge on any atom is -0.388 e. The molecular formula is C13H26N6O4. The Kier molecular flexibility index (Phi) is 6.57. The van der Waals surface area contributed by atoms with Gasteiger partial charge >= 0.3 is 0 Å². The third kappa shape index (κ3) is 4.11. The van der Waals surface area contributed by atoms with E-state index >= 15 is 0 Å². The highest BCUT2D eigenvalue weighted by Gasteiger charge is 2.45. The fourth-order valence-electron chi connectivity index (χ4n) is 3.24. The Balaban J connectivity index is 2.11. The summed E-state index contributed by atoms with van der Waals surface area (Å²) in [5.74, 6) is 0. The van der Waals surface area contributed by atoms with E-state index in [4.69, 9.17) is 36.9 Å². The van der Waals surface area contributed by atoms with Crippen molar-refractivity contribution < 1.29 is 19.3 Å². The second-order valence-electron chi connectivity index (χ2n) is 6.07. The van der Waals surface area contributed by atoms with E-state index in [2.05, 4.69) is 10.0 Å². The fourth-order valence-corrected chi connectivity index (χ4v) is 3.24. The Morgan fingerprint density at radius 1 is 1.30 bits per heavy atom. The van der Waals surface area contributed by atoms with Crippen molar-refractivity contribution in [2.75, 3.05) is 13.7 Å². The van der Waals surface area contributed by atoms with Crippen molar-refractivity contribution in [2.45, 2.75) is 68.1 Å². The van der Waals surface area contributed by atoms with Gasteiger partial charge < -0.3 is 36.5 Å². The standard InChI is InChI=1S/C13H26N6O4/c1-21-11-7(15)4-8(16)12(10(11)20)23-13-9(18-19-17)3-2-6(5-14)22-13/h6-13,20H,2-5,14-16H2,1H3/t6-,7+,8-,9?,10+,11-,12+,13+/m0/s1. The SMILES string of the molecule is CO[C@@H]1[C@@H](O)[C@H](O[C@H]2O[C@H](CN)CCC2N=[N+]=[N-])[C@@H](N)C[C@H]1N. The van der Waals surface area contributed by atoms with Crippen molar-refractivity contribution in [3.8, 4) is 0 Å². The zero-order valence-electron chi connectivity index (χ0n) is 13.2. The molecular weight excluding hydrogens is 304 g/mol. The number of nitrogens with two attached hydrogens (primary N) is 3. The van der Waals surface area contributed by atoms with E-state index in [0.717, 1.165) is 0 Å². The number of nitrogens with zero attached hydrogens (tertiary/aromatic N) is 3. The van der Waals surface area contributed by atoms with Crippen LogP contribution in [0.15, 0.2) is 5.11 Å². The van der Waals surface area contributed by atoms with E-state index in [-0.39, 0.29) is 12.1 Å². The van der Waals surface area contributed by atoms with Gasteiger partial charge in [0.25, 0.3) is 0 Å². The average Bonchev–Trinajstić information content (AvgIpc) is 2.53. The maximum absolute atomic E-state index is 10.4. The lowest BCUT2D eigenvalue weighted by molar-refractivity contribution is -0.253. The number of rotatable bonds is 5. The van der Waals surface area contributed by atoms with Gasteiger partial charge in [0.2, 0.25) is 0 Å². The number of hydrogen-bond donors (Lipinski definition) is 4. The van der Waals surface area contributed by atoms with E-state index in [1.54, 1.807) is 0 Å². The molecule has 0 aromatic rings. The average molecular weight is 330 g/mol. The first-order chi connectivity index (χ1) is 11.0. The second kappa shape index (κ2) is 8.22. The lowest BCUT2D eigenvalue weighted by Gasteiger charge is -2.44. The Bertz CT molecular complexity index is 435. The summed E-state index contributed by atoms with van der Waals surface area (Å²) >= 11 is 0. The van der Waals surface area contributed by atoms with E-state index in [1.807, 2.05) is 0 Å². The molecule has 2 aliphatic rings. The largest absolute Gasteiger partial charge is 0.388 e. The summed E-state index contributed by atoms with van der Waals surface area (Å²) in [6, 6.07) is -1.33. The maximum Gasteiger partial charge on any atom is 0.167 e. The third-order valence-corrected chi connectivity index (χ3v) is 4.51. The number of ether oxygens (including phenoxy) is 3. The third-order valence-electron chi connectivity index (χ3n) is 4.51. The molecule has 0 radical (unpaired) electrons. The highest BCUT2D eigenvalue weighted by molar-refractivity contribution is 4.99. The van der Waals surface area contributed by atoms with E-state index in [0.29, 0.717) is 25.8 Å². The van der Waals surface area contributed by atoms with E-state index in [1.165, 1.54) is 7.11 Å². The molecule has 1 aliphatic carbocycles. The van der Waals surface area contributed by atoms with Crippen LogP contribution in [0.25, 0.3) is 10.4 Å². The molecule has 10 heteroatoms. The Hall–Kier alpha value is -0.970. The van der Waals surface area contributed by atoms with Gasteiger partial charge in [0.1, 0.15) is 18.3 Å². The summed E-state index contributed by atoms with van der Waals surface area (Å²) in [7, 11) is 1.48. The molecule has 0 bridgehead atoms. The Morgan fingerprint density at radius 2 is 2.00 bits per heavy atom. The van der Waals surface area contributed by atoms with Crippen LogP contribution in [0.3, 0.4) is 0 Å². The van der Waals surface area contributed by atoms with Crippen LogP contribution < -0.4 is 17.2 Å². The normalized spacial score (nSPS) is 44.6. The summed E-state index contributed by atoms with van der Waals surface area (Å²) in [6.45, 7) is 0.341. The van der Waals surface area contributed by atoms with Gasteiger partial charge in [0.15, 0.2) is 6.29 Å². The van der Waals surface area contributed by atoms with Crippen LogP contribution in [0.2, 0.25) is 0 Å². The number of methoxy groups -OCH3 is 1. The lowest BCUT2D eigenvalue weighted by atomic mass is 9.84. The van der Waals surface area contributed by atoms with Crippen LogP contribution in [-0.2, 0) is 14.2 Å². The highest BCUT2D eigenvalue weighted by Crippen LogP contribution is 2.29. The molecule has 132 valence electrons. The van der Waals surface area contributed by atoms with Crippen molar-refractivity contribution in [2.24, 2.45) is 22.3 Å². The maximum atomic E-state index is 10.4. The summed E-state index contributed by atoms with van der Waals surface area (Å²) < 4.78 is 16.9. The molecule has 0 aromatic heterocycles. The van der Waals surface area contributed by atoms with Crippen LogP contribution in [0.5, 0.6) is 0 Å². The Morgan fingerprint density at radius 3 is 2.61 bits per heavy atom. The summed E-state index contributed by atoms with van der Waals surface area (Å²) in [6.07, 6.45) is -1.54. The van der Waals surface area contributed by atoms with Crippen molar-refractivity contribution in [3.05, 3.63) is 10.4 Å². The number of aliphatic hydroxyl groups is 1. The van der Waals surface area contributed by atoms with Gasteiger partial charge in [-0.05, 0) is 24.8 Å². The van der Waals surface area contributed by atoms with E-state index in [9.17, 15) is 5.11 Å². The van der Waals surface area contributed by atoms with Crippen LogP contribution in [0, 0.1) is 0 Å². The predicted octanol–water partition coefficient (Wildman–Crippen LogP) is -1.05. The molecule has 0 amide bonds. The molecule has 1 saturated carbocycles. The second-order valence-corrected chi connectivity index (χ2v) is 6.07. The molecule has 0 aromatic carbocycles. The van der Waals surface area contributed by atoms with Gasteiger partial charge in [0, 0.05) is 30.6 Å². The highest BCUT2D eigenvalue weighted by atomic mass is 16.7. The molecule has 8 atom stereocenters. The fraction of sp³-hybridized carbons (Fsp3) is 1.00. The van der Waals surface area contributed by atoms with Gasteiger partial charge in [-0.15, -0.1) is 0 Å².